The number of ether oxygens (including phenoxy) is 3. The van der Waals surface area contributed by atoms with E-state index in [1.807, 2.05) is 24.3 Å². The van der Waals surface area contributed by atoms with Crippen molar-refractivity contribution in [2.24, 2.45) is 4.99 Å². The summed E-state index contributed by atoms with van der Waals surface area (Å²) in [7, 11) is 3.11. The van der Waals surface area contributed by atoms with E-state index in [0.717, 1.165) is 16.5 Å². The zero-order valence-electron chi connectivity index (χ0n) is 22.8. The van der Waals surface area contributed by atoms with Crippen LogP contribution in [0.2, 0.25) is 0 Å². The smallest absolute Gasteiger partial charge is 0.338 e. The van der Waals surface area contributed by atoms with Gasteiger partial charge in [0.2, 0.25) is 0 Å². The predicted octanol–water partition coefficient (Wildman–Crippen LogP) is 4.35. The number of rotatable bonds is 7. The molecule has 0 unspecified atom stereocenters. The lowest BCUT2D eigenvalue weighted by Crippen LogP contribution is -2.39. The number of hydrogen-bond donors (Lipinski definition) is 0. The van der Waals surface area contributed by atoms with Gasteiger partial charge in [0.25, 0.3) is 5.56 Å². The van der Waals surface area contributed by atoms with Gasteiger partial charge >= 0.3 is 5.97 Å². The van der Waals surface area contributed by atoms with Gasteiger partial charge in [0.15, 0.2) is 16.3 Å². The number of carbonyl (C=O) groups is 1. The van der Waals surface area contributed by atoms with Crippen LogP contribution >= 0.6 is 11.3 Å². The number of nitrogens with zero attached hydrogens (tertiary/aromatic N) is 3. The van der Waals surface area contributed by atoms with E-state index in [-0.39, 0.29) is 18.2 Å². The fourth-order valence-electron chi connectivity index (χ4n) is 5.05. The molecule has 4 aromatic rings. The summed E-state index contributed by atoms with van der Waals surface area (Å²) >= 11 is 1.31. The Kier molecular flexibility index (Phi) is 7.18. The van der Waals surface area contributed by atoms with E-state index >= 15 is 0 Å². The van der Waals surface area contributed by atoms with Gasteiger partial charge in [0, 0.05) is 28.7 Å². The van der Waals surface area contributed by atoms with Crippen LogP contribution in [0, 0.1) is 0 Å². The van der Waals surface area contributed by atoms with E-state index < -0.39 is 12.0 Å². The zero-order chi connectivity index (χ0) is 27.8. The van der Waals surface area contributed by atoms with Crippen molar-refractivity contribution in [3.8, 4) is 11.5 Å². The van der Waals surface area contributed by atoms with Gasteiger partial charge in [-0.1, -0.05) is 35.6 Å². The standard InChI is InChI=1S/C30H31N3O5S/c1-7-38-29(35)26-18(4)31-30-33(27(26)19-12-13-23(36-5)24(14-19)37-6)28(34)25(39-30)15-20-16-32(17(2)3)22-11-9-8-10-21(20)22/h8-17,27H,7H2,1-6H3/b25-15-/t27-/m0/s1. The third-order valence-corrected chi connectivity index (χ3v) is 7.84. The van der Waals surface area contributed by atoms with Gasteiger partial charge in [-0.25, -0.2) is 9.79 Å². The Labute approximate surface area is 230 Å². The van der Waals surface area contributed by atoms with Crippen LogP contribution in [0.5, 0.6) is 11.5 Å². The van der Waals surface area contributed by atoms with Gasteiger partial charge in [-0.05, 0) is 57.5 Å². The highest BCUT2D eigenvalue weighted by atomic mass is 32.1. The second-order valence-corrected chi connectivity index (χ2v) is 10.5. The van der Waals surface area contributed by atoms with Gasteiger partial charge in [-0.2, -0.15) is 0 Å². The van der Waals surface area contributed by atoms with Crippen LogP contribution in [0.25, 0.3) is 17.0 Å². The SMILES string of the molecule is CCOC(=O)C1=C(C)N=c2s/c(=C\c3cn(C(C)C)c4ccccc34)c(=O)n2[C@H]1c1ccc(OC)c(OC)c1. The van der Waals surface area contributed by atoms with E-state index in [1.54, 1.807) is 44.8 Å². The van der Waals surface area contributed by atoms with E-state index in [2.05, 4.69) is 41.7 Å². The lowest BCUT2D eigenvalue weighted by molar-refractivity contribution is -0.139. The second-order valence-electron chi connectivity index (χ2n) is 9.52. The van der Waals surface area contributed by atoms with Crippen molar-refractivity contribution in [1.29, 1.82) is 0 Å². The number of thiazole rings is 1. The Morgan fingerprint density at radius 3 is 2.56 bits per heavy atom. The molecule has 8 nitrogen and oxygen atoms in total. The van der Waals surface area contributed by atoms with Gasteiger partial charge in [0.1, 0.15) is 0 Å². The van der Waals surface area contributed by atoms with Crippen LogP contribution in [0.1, 0.15) is 50.9 Å². The van der Waals surface area contributed by atoms with Gasteiger partial charge in [-0.15, -0.1) is 0 Å². The molecule has 2 aromatic carbocycles. The van der Waals surface area contributed by atoms with Crippen molar-refractivity contribution in [2.75, 3.05) is 20.8 Å². The minimum atomic E-state index is -0.737. The molecule has 0 bridgehead atoms. The molecule has 39 heavy (non-hydrogen) atoms. The fourth-order valence-corrected chi connectivity index (χ4v) is 6.08. The molecule has 0 fully saturated rings. The summed E-state index contributed by atoms with van der Waals surface area (Å²) in [6.45, 7) is 7.99. The molecule has 202 valence electrons. The molecule has 9 heteroatoms. The molecule has 0 aliphatic carbocycles. The van der Waals surface area contributed by atoms with Crippen molar-refractivity contribution in [2.45, 2.75) is 39.8 Å². The highest BCUT2D eigenvalue weighted by Gasteiger charge is 2.34. The van der Waals surface area contributed by atoms with Crippen LogP contribution in [0.15, 0.2) is 69.7 Å². The number of carbonyl (C=O) groups excluding carboxylic acids is 1. The Bertz CT molecular complexity index is 1790. The topological polar surface area (TPSA) is 84.1 Å². The normalized spacial score (nSPS) is 15.5. The first-order valence-electron chi connectivity index (χ1n) is 12.8. The summed E-state index contributed by atoms with van der Waals surface area (Å²) in [5.74, 6) is 0.540. The Balaban J connectivity index is 1.76. The van der Waals surface area contributed by atoms with Crippen molar-refractivity contribution in [3.63, 3.8) is 0 Å². The van der Waals surface area contributed by atoms with Crippen LogP contribution in [-0.4, -0.2) is 35.9 Å². The van der Waals surface area contributed by atoms with Crippen molar-refractivity contribution >= 4 is 34.3 Å². The summed E-state index contributed by atoms with van der Waals surface area (Å²) in [5.41, 5.74) is 3.35. The lowest BCUT2D eigenvalue weighted by Gasteiger charge is -2.25. The molecule has 0 N–H and O–H groups in total. The molecular weight excluding hydrogens is 514 g/mol. The first kappa shape index (κ1) is 26.5. The number of benzene rings is 2. The second kappa shape index (κ2) is 10.6. The Morgan fingerprint density at radius 2 is 1.87 bits per heavy atom. The van der Waals surface area contributed by atoms with E-state index in [4.69, 9.17) is 14.2 Å². The number of esters is 1. The number of allylic oxidation sites excluding steroid dienone is 1. The largest absolute Gasteiger partial charge is 0.493 e. The maximum Gasteiger partial charge on any atom is 0.338 e. The van der Waals surface area contributed by atoms with E-state index in [9.17, 15) is 9.59 Å². The maximum absolute atomic E-state index is 14.0. The lowest BCUT2D eigenvalue weighted by atomic mass is 9.95. The highest BCUT2D eigenvalue weighted by Crippen LogP contribution is 2.36. The van der Waals surface area contributed by atoms with E-state index in [0.29, 0.717) is 37.7 Å². The molecule has 0 saturated carbocycles. The zero-order valence-corrected chi connectivity index (χ0v) is 23.7. The molecule has 5 rings (SSSR count). The molecule has 0 saturated heterocycles. The first-order chi connectivity index (χ1) is 18.8. The Hall–Kier alpha value is -4.11. The minimum Gasteiger partial charge on any atom is -0.493 e. The molecule has 1 aliphatic rings. The van der Waals surface area contributed by atoms with Gasteiger partial charge in [0.05, 0.1) is 42.7 Å². The molecule has 0 amide bonds. The molecule has 3 heterocycles. The summed E-state index contributed by atoms with van der Waals surface area (Å²) in [6.07, 6.45) is 3.99. The minimum absolute atomic E-state index is 0.207. The van der Waals surface area contributed by atoms with Crippen LogP contribution < -0.4 is 24.4 Å². The molecule has 1 atom stereocenters. The predicted molar refractivity (Wildman–Crippen MR) is 152 cm³/mol. The van der Waals surface area contributed by atoms with E-state index in [1.165, 1.54) is 11.3 Å². The molecule has 1 aliphatic heterocycles. The summed E-state index contributed by atoms with van der Waals surface area (Å²) in [6, 6.07) is 13.1. The summed E-state index contributed by atoms with van der Waals surface area (Å²) in [4.78, 5) is 32.4. The number of hydrogen-bond acceptors (Lipinski definition) is 7. The highest BCUT2D eigenvalue weighted by molar-refractivity contribution is 7.07. The van der Waals surface area contributed by atoms with Crippen LogP contribution in [-0.2, 0) is 9.53 Å². The number of para-hydroxylation sites is 1. The molecular formula is C30H31N3O5S. The molecule has 0 spiro atoms. The summed E-state index contributed by atoms with van der Waals surface area (Å²) < 4.78 is 20.7. The van der Waals surface area contributed by atoms with Crippen molar-refractivity contribution in [1.82, 2.24) is 9.13 Å². The van der Waals surface area contributed by atoms with Crippen LogP contribution in [0.4, 0.5) is 0 Å². The third-order valence-electron chi connectivity index (χ3n) is 6.85. The van der Waals surface area contributed by atoms with Crippen molar-refractivity contribution in [3.05, 3.63) is 90.7 Å². The Morgan fingerprint density at radius 1 is 1.13 bits per heavy atom. The third kappa shape index (κ3) is 4.57. The first-order valence-corrected chi connectivity index (χ1v) is 13.6. The van der Waals surface area contributed by atoms with Gasteiger partial charge < -0.3 is 18.8 Å². The van der Waals surface area contributed by atoms with Gasteiger partial charge in [-0.3, -0.25) is 9.36 Å². The number of methoxy groups -OCH3 is 2. The summed E-state index contributed by atoms with van der Waals surface area (Å²) in [5, 5.41) is 1.07. The average Bonchev–Trinajstić information content (AvgIpc) is 3.45. The maximum atomic E-state index is 14.0. The molecule has 2 aromatic heterocycles. The quantitative estimate of drug-likeness (QED) is 0.323. The fraction of sp³-hybridized carbons (Fsp3) is 0.300. The number of aromatic nitrogens is 2. The monoisotopic (exact) mass is 545 g/mol. The van der Waals surface area contributed by atoms with Crippen molar-refractivity contribution < 1.29 is 19.0 Å². The molecule has 0 radical (unpaired) electrons. The number of fused-ring (bicyclic) bond motifs is 2. The average molecular weight is 546 g/mol. The van der Waals surface area contributed by atoms with Crippen LogP contribution in [0.3, 0.4) is 0 Å².